The van der Waals surface area contributed by atoms with Crippen LogP contribution in [-0.2, 0) is 17.9 Å². The number of rotatable bonds is 6. The smallest absolute Gasteiger partial charge is 0.165 e. The van der Waals surface area contributed by atoms with Gasteiger partial charge in [-0.05, 0) is 12.0 Å². The number of nitrogens with zero attached hydrogens (tertiary/aromatic N) is 3. The molecule has 2 rings (SSSR count). The first-order chi connectivity index (χ1) is 8.34. The summed E-state index contributed by atoms with van der Waals surface area (Å²) in [6, 6.07) is 10.1. The number of aryl methyl sites for hydroxylation is 1. The van der Waals surface area contributed by atoms with Gasteiger partial charge in [0.15, 0.2) is 5.82 Å². The third-order valence-electron chi connectivity index (χ3n) is 2.34. The molecular weight excluding hydrogens is 216 g/mol. The lowest BCUT2D eigenvalue weighted by Crippen LogP contribution is -2.03. The molecule has 0 unspecified atom stereocenters. The highest BCUT2D eigenvalue weighted by Crippen LogP contribution is 2.01. The Labute approximate surface area is 100 Å². The van der Waals surface area contributed by atoms with Crippen molar-refractivity contribution in [2.75, 3.05) is 12.3 Å². The predicted molar refractivity (Wildman–Crippen MR) is 65.1 cm³/mol. The van der Waals surface area contributed by atoms with Crippen LogP contribution in [0.5, 0.6) is 0 Å². The van der Waals surface area contributed by atoms with Gasteiger partial charge in [-0.3, -0.25) is 4.68 Å². The largest absolute Gasteiger partial charge is 0.381 e. The van der Waals surface area contributed by atoms with Gasteiger partial charge in [0, 0.05) is 13.2 Å². The van der Waals surface area contributed by atoms with Crippen LogP contribution in [0.25, 0.3) is 0 Å². The van der Waals surface area contributed by atoms with Crippen molar-refractivity contribution in [3.8, 4) is 0 Å². The van der Waals surface area contributed by atoms with Crippen molar-refractivity contribution in [3.63, 3.8) is 0 Å². The minimum absolute atomic E-state index is 0.454. The van der Waals surface area contributed by atoms with Crippen molar-refractivity contribution >= 4 is 5.82 Å². The average Bonchev–Trinajstić information content (AvgIpc) is 2.76. The quantitative estimate of drug-likeness (QED) is 0.766. The third-order valence-corrected chi connectivity index (χ3v) is 2.34. The molecular formula is C12H16N4O. The summed E-state index contributed by atoms with van der Waals surface area (Å²) in [6.07, 6.45) is 2.62. The number of hydrogen-bond donors (Lipinski definition) is 1. The van der Waals surface area contributed by atoms with Crippen LogP contribution >= 0.6 is 0 Å². The molecule has 2 N–H and O–H groups in total. The van der Waals surface area contributed by atoms with Gasteiger partial charge < -0.3 is 10.5 Å². The molecule has 1 aromatic heterocycles. The van der Waals surface area contributed by atoms with Crippen molar-refractivity contribution < 1.29 is 4.74 Å². The van der Waals surface area contributed by atoms with E-state index < -0.39 is 0 Å². The van der Waals surface area contributed by atoms with E-state index in [1.54, 1.807) is 10.9 Å². The minimum Gasteiger partial charge on any atom is -0.381 e. The molecule has 17 heavy (non-hydrogen) atoms. The van der Waals surface area contributed by atoms with E-state index in [4.69, 9.17) is 10.5 Å². The fourth-order valence-electron chi connectivity index (χ4n) is 1.52. The van der Waals surface area contributed by atoms with Gasteiger partial charge in [0.1, 0.15) is 0 Å². The molecule has 0 aliphatic heterocycles. The third kappa shape index (κ3) is 3.88. The van der Waals surface area contributed by atoms with Crippen molar-refractivity contribution in [1.29, 1.82) is 0 Å². The molecule has 0 aliphatic rings. The Morgan fingerprint density at radius 2 is 2.06 bits per heavy atom. The standard InChI is InChI=1S/C12H16N4O/c13-12-9-16(15-14-12)7-4-8-17-10-11-5-2-1-3-6-11/h1-3,5-6,9H,4,7-8,10,13H2. The maximum atomic E-state index is 5.56. The Morgan fingerprint density at radius 1 is 1.24 bits per heavy atom. The molecule has 1 heterocycles. The highest BCUT2D eigenvalue weighted by Gasteiger charge is 1.96. The number of ether oxygens (including phenoxy) is 1. The van der Waals surface area contributed by atoms with Crippen LogP contribution in [0.2, 0.25) is 0 Å². The summed E-state index contributed by atoms with van der Waals surface area (Å²) in [6.45, 7) is 2.13. The lowest BCUT2D eigenvalue weighted by molar-refractivity contribution is 0.115. The fourth-order valence-corrected chi connectivity index (χ4v) is 1.52. The Hall–Kier alpha value is -1.88. The molecule has 0 spiro atoms. The maximum absolute atomic E-state index is 5.56. The van der Waals surface area contributed by atoms with Gasteiger partial charge >= 0.3 is 0 Å². The van der Waals surface area contributed by atoms with Gasteiger partial charge in [0.2, 0.25) is 0 Å². The van der Waals surface area contributed by atoms with Gasteiger partial charge in [0.05, 0.1) is 12.8 Å². The summed E-state index contributed by atoms with van der Waals surface area (Å²) >= 11 is 0. The molecule has 0 atom stereocenters. The van der Waals surface area contributed by atoms with E-state index in [0.717, 1.165) is 13.0 Å². The van der Waals surface area contributed by atoms with Gasteiger partial charge in [0.25, 0.3) is 0 Å². The average molecular weight is 232 g/mol. The van der Waals surface area contributed by atoms with E-state index in [1.165, 1.54) is 5.56 Å². The van der Waals surface area contributed by atoms with Crippen molar-refractivity contribution in [3.05, 3.63) is 42.1 Å². The van der Waals surface area contributed by atoms with Crippen LogP contribution in [0, 0.1) is 0 Å². The van der Waals surface area contributed by atoms with E-state index in [1.807, 2.05) is 18.2 Å². The molecule has 2 aromatic rings. The van der Waals surface area contributed by atoms with E-state index in [2.05, 4.69) is 22.4 Å². The van der Waals surface area contributed by atoms with Crippen LogP contribution < -0.4 is 5.73 Å². The second kappa shape index (κ2) is 6.00. The number of hydrogen-bond acceptors (Lipinski definition) is 4. The van der Waals surface area contributed by atoms with Crippen LogP contribution in [0.3, 0.4) is 0 Å². The lowest BCUT2D eigenvalue weighted by Gasteiger charge is -2.04. The molecule has 0 radical (unpaired) electrons. The first kappa shape index (κ1) is 11.6. The van der Waals surface area contributed by atoms with Gasteiger partial charge in [-0.2, -0.15) is 0 Å². The number of anilines is 1. The summed E-state index contributed by atoms with van der Waals surface area (Å²) in [4.78, 5) is 0. The van der Waals surface area contributed by atoms with Gasteiger partial charge in [-0.15, -0.1) is 5.10 Å². The Bertz CT molecular complexity index is 441. The van der Waals surface area contributed by atoms with Gasteiger partial charge in [-0.1, -0.05) is 35.5 Å². The molecule has 0 saturated carbocycles. The van der Waals surface area contributed by atoms with E-state index in [9.17, 15) is 0 Å². The fraction of sp³-hybridized carbons (Fsp3) is 0.333. The summed E-state index contributed by atoms with van der Waals surface area (Å²) in [7, 11) is 0. The highest BCUT2D eigenvalue weighted by molar-refractivity contribution is 5.19. The normalized spacial score (nSPS) is 10.6. The zero-order valence-electron chi connectivity index (χ0n) is 9.62. The predicted octanol–water partition coefficient (Wildman–Crippen LogP) is 1.47. The number of aromatic nitrogens is 3. The van der Waals surface area contributed by atoms with Crippen molar-refractivity contribution in [1.82, 2.24) is 15.0 Å². The molecule has 0 aliphatic carbocycles. The molecule has 0 bridgehead atoms. The SMILES string of the molecule is Nc1cn(CCCOCc2ccccc2)nn1. The Balaban J connectivity index is 1.61. The highest BCUT2D eigenvalue weighted by atomic mass is 16.5. The topological polar surface area (TPSA) is 66.0 Å². The van der Waals surface area contributed by atoms with Crippen LogP contribution in [0.1, 0.15) is 12.0 Å². The Morgan fingerprint density at radius 3 is 2.76 bits per heavy atom. The second-order valence-electron chi connectivity index (χ2n) is 3.80. The van der Waals surface area contributed by atoms with E-state index in [0.29, 0.717) is 19.0 Å². The number of benzene rings is 1. The second-order valence-corrected chi connectivity index (χ2v) is 3.80. The molecule has 0 amide bonds. The molecule has 0 fully saturated rings. The first-order valence-corrected chi connectivity index (χ1v) is 5.62. The molecule has 90 valence electrons. The zero-order chi connectivity index (χ0) is 11.9. The van der Waals surface area contributed by atoms with Crippen LogP contribution in [0.15, 0.2) is 36.5 Å². The molecule has 1 aromatic carbocycles. The summed E-state index contributed by atoms with van der Waals surface area (Å²) in [5.74, 6) is 0.454. The monoisotopic (exact) mass is 232 g/mol. The molecule has 5 heteroatoms. The van der Waals surface area contributed by atoms with E-state index in [-0.39, 0.29) is 0 Å². The zero-order valence-corrected chi connectivity index (χ0v) is 9.62. The number of nitrogens with two attached hydrogens (primary N) is 1. The molecule has 5 nitrogen and oxygen atoms in total. The van der Waals surface area contributed by atoms with Crippen molar-refractivity contribution in [2.45, 2.75) is 19.6 Å². The maximum Gasteiger partial charge on any atom is 0.165 e. The van der Waals surface area contributed by atoms with Crippen molar-refractivity contribution in [2.24, 2.45) is 0 Å². The lowest BCUT2D eigenvalue weighted by atomic mass is 10.2. The summed E-state index contributed by atoms with van der Waals surface area (Å²) in [5.41, 5.74) is 6.65. The minimum atomic E-state index is 0.454. The molecule has 0 saturated heterocycles. The van der Waals surface area contributed by atoms with Crippen LogP contribution in [-0.4, -0.2) is 21.6 Å². The summed E-state index contributed by atoms with van der Waals surface area (Å²) < 4.78 is 7.28. The van der Waals surface area contributed by atoms with E-state index >= 15 is 0 Å². The number of nitrogen functional groups attached to an aromatic ring is 1. The first-order valence-electron chi connectivity index (χ1n) is 5.62. The van der Waals surface area contributed by atoms with Crippen LogP contribution in [0.4, 0.5) is 5.82 Å². The summed E-state index contributed by atoms with van der Waals surface area (Å²) in [5, 5.41) is 7.57. The van der Waals surface area contributed by atoms with Gasteiger partial charge in [-0.25, -0.2) is 0 Å². The Kier molecular flexibility index (Phi) is 4.10.